The van der Waals surface area contributed by atoms with Gasteiger partial charge in [-0.2, -0.15) is 26.3 Å². The number of amides is 2. The first-order chi connectivity index (χ1) is 35.0. The van der Waals surface area contributed by atoms with Crippen molar-refractivity contribution in [2.45, 2.75) is 65.1 Å². The second-order valence-corrected chi connectivity index (χ2v) is 18.6. The fourth-order valence-corrected chi connectivity index (χ4v) is 7.73. The molecule has 0 fully saturated rings. The largest absolute Gasteiger partial charge is 0.513 e. The number of nitrogens with one attached hydrogen (secondary N) is 3. The van der Waals surface area contributed by atoms with Gasteiger partial charge in [0.25, 0.3) is 11.8 Å². The molecular formula is C53H68F6N12O4. The summed E-state index contributed by atoms with van der Waals surface area (Å²) in [5.41, 5.74) is 17.6. The molecule has 1 atom stereocenters. The summed E-state index contributed by atoms with van der Waals surface area (Å²) in [6.45, 7) is 9.24. The number of aliphatic hydroxyl groups is 1. The second-order valence-electron chi connectivity index (χ2n) is 18.6. The van der Waals surface area contributed by atoms with E-state index < -0.39 is 40.8 Å². The monoisotopic (exact) mass is 1050 g/mol. The predicted octanol–water partition coefficient (Wildman–Crippen LogP) is 8.85. The number of rotatable bonds is 20. The summed E-state index contributed by atoms with van der Waals surface area (Å²) in [6, 6.07) is 18.3. The third kappa shape index (κ3) is 18.6. The number of nitrogens with zero attached hydrogens (tertiary/aromatic N) is 5. The standard InChI is InChI=1S/C35H47F3N8O3.C18H21F3N4O/c1-7-34(40,17-24(3)47)22-45(5)11-10-44(4)20-25-12-28(35(36,37)38)16-29(13-25)43-33(48)26-9-8-23(2)32(15-26)46(41)21-31(39)27-14-30(49-6)19-42-18-27;1-11-4-5-13(8-16(11)24-22)17(26)23-15-7-12(10-25(2)3)6-14(9-15)18(19,20)21/h8-9,12-19,21,47H,7,10-11,20,22,39-41H2,1-6H3,(H,43,48);4-9,24H,10,22H2,1-3H3,(H,23,26)/b24-17+,31-21-;. The molecule has 1 unspecified atom stereocenters. The van der Waals surface area contributed by atoms with E-state index in [2.05, 4.69) is 21.0 Å². The number of alkyl halides is 6. The lowest BCUT2D eigenvalue weighted by molar-refractivity contribution is -0.138. The van der Waals surface area contributed by atoms with E-state index in [1.54, 1.807) is 88.6 Å². The molecule has 5 rings (SSSR count). The van der Waals surface area contributed by atoms with Gasteiger partial charge in [0.15, 0.2) is 0 Å². The van der Waals surface area contributed by atoms with Gasteiger partial charge in [-0.3, -0.25) is 25.4 Å². The quantitative estimate of drug-likeness (QED) is 0.0158. The van der Waals surface area contributed by atoms with Gasteiger partial charge in [-0.05, 0) is 150 Å². The third-order valence-corrected chi connectivity index (χ3v) is 11.7. The van der Waals surface area contributed by atoms with E-state index in [9.17, 15) is 41.0 Å². The highest BCUT2D eigenvalue weighted by Gasteiger charge is 2.33. The van der Waals surface area contributed by atoms with Crippen molar-refractivity contribution < 1.29 is 45.8 Å². The van der Waals surface area contributed by atoms with Crippen molar-refractivity contribution >= 4 is 40.3 Å². The van der Waals surface area contributed by atoms with Crippen molar-refractivity contribution in [3.8, 4) is 5.75 Å². The maximum atomic E-state index is 13.9. The first-order valence-electron chi connectivity index (χ1n) is 23.5. The Morgan fingerprint density at radius 3 is 1.79 bits per heavy atom. The molecule has 0 aliphatic heterocycles. The normalized spacial score (nSPS) is 13.0. The Hall–Kier alpha value is -7.21. The number of hydrogen-bond donors (Lipinski definition) is 8. The molecule has 22 heteroatoms. The Morgan fingerprint density at radius 2 is 1.28 bits per heavy atom. The zero-order chi connectivity index (χ0) is 56.0. The molecule has 0 aliphatic carbocycles. The number of carbonyl (C=O) groups is 2. The van der Waals surface area contributed by atoms with Gasteiger partial charge in [0.1, 0.15) is 5.75 Å². The highest BCUT2D eigenvalue weighted by molar-refractivity contribution is 6.05. The van der Waals surface area contributed by atoms with Crippen molar-refractivity contribution in [2.75, 3.05) is 76.0 Å². The molecular weight excluding hydrogens is 983 g/mol. The van der Waals surface area contributed by atoms with Crippen LogP contribution in [0.3, 0.4) is 0 Å². The van der Waals surface area contributed by atoms with Crippen LogP contribution in [0.2, 0.25) is 0 Å². The summed E-state index contributed by atoms with van der Waals surface area (Å²) >= 11 is 0. The number of ether oxygens (including phenoxy) is 1. The van der Waals surface area contributed by atoms with Gasteiger partial charge in [-0.1, -0.05) is 19.1 Å². The maximum absolute atomic E-state index is 13.9. The number of aryl methyl sites for hydroxylation is 2. The molecule has 1 aromatic heterocycles. The Kier molecular flexibility index (Phi) is 21.2. The smallest absolute Gasteiger partial charge is 0.416 e. The van der Waals surface area contributed by atoms with Crippen LogP contribution >= 0.6 is 0 Å². The summed E-state index contributed by atoms with van der Waals surface area (Å²) in [5, 5.41) is 16.1. The lowest BCUT2D eigenvalue weighted by Gasteiger charge is -2.31. The Labute approximate surface area is 433 Å². The minimum Gasteiger partial charge on any atom is -0.513 e. The number of carbonyl (C=O) groups excluding carboxylic acids is 2. The molecule has 75 heavy (non-hydrogen) atoms. The van der Waals surface area contributed by atoms with Gasteiger partial charge in [-0.25, -0.2) is 5.84 Å². The van der Waals surface area contributed by atoms with E-state index in [-0.39, 0.29) is 34.8 Å². The zero-order valence-electron chi connectivity index (χ0n) is 43.5. The van der Waals surface area contributed by atoms with E-state index >= 15 is 0 Å². The molecule has 0 aliphatic rings. The molecule has 16 nitrogen and oxygen atoms in total. The first-order valence-corrected chi connectivity index (χ1v) is 23.5. The number of benzene rings is 4. The van der Waals surface area contributed by atoms with Gasteiger partial charge in [0, 0.05) is 73.2 Å². The average Bonchev–Trinajstić information content (AvgIpc) is 3.32. The zero-order valence-corrected chi connectivity index (χ0v) is 43.5. The molecule has 1 heterocycles. The number of methoxy groups -OCH3 is 1. The summed E-state index contributed by atoms with van der Waals surface area (Å²) in [6.07, 6.45) is -2.32. The van der Waals surface area contributed by atoms with Gasteiger partial charge in [-0.15, -0.1) is 0 Å². The summed E-state index contributed by atoms with van der Waals surface area (Å²) in [7, 11) is 8.72. The van der Waals surface area contributed by atoms with Crippen LogP contribution < -0.4 is 49.0 Å². The number of halogens is 6. The van der Waals surface area contributed by atoms with Crippen LogP contribution in [0.15, 0.2) is 109 Å². The fourth-order valence-electron chi connectivity index (χ4n) is 7.73. The predicted molar refractivity (Wildman–Crippen MR) is 283 cm³/mol. The molecule has 0 spiro atoms. The van der Waals surface area contributed by atoms with Crippen LogP contribution in [0.4, 0.5) is 49.1 Å². The minimum absolute atomic E-state index is 0.00348. The van der Waals surface area contributed by atoms with Crippen LogP contribution in [-0.4, -0.2) is 97.1 Å². The van der Waals surface area contributed by atoms with Gasteiger partial charge in [0.2, 0.25) is 0 Å². The van der Waals surface area contributed by atoms with Crippen molar-refractivity contribution in [3.63, 3.8) is 0 Å². The van der Waals surface area contributed by atoms with Crippen molar-refractivity contribution in [2.24, 2.45) is 23.2 Å². The van der Waals surface area contributed by atoms with Gasteiger partial charge >= 0.3 is 12.4 Å². The van der Waals surface area contributed by atoms with E-state index in [1.165, 1.54) is 42.7 Å². The minimum atomic E-state index is -4.63. The number of nitrogens with two attached hydrogens (primary N) is 4. The van der Waals surface area contributed by atoms with Crippen LogP contribution in [0.1, 0.15) is 79.9 Å². The number of hydrogen-bond acceptors (Lipinski definition) is 14. The molecule has 12 N–H and O–H groups in total. The number of nitrogen functional groups attached to an aromatic ring is 1. The van der Waals surface area contributed by atoms with Gasteiger partial charge in [0.05, 0.1) is 52.8 Å². The molecule has 0 saturated carbocycles. The molecule has 0 radical (unpaired) electrons. The first kappa shape index (κ1) is 60.3. The fraction of sp³-hybridized carbons (Fsp3) is 0.340. The van der Waals surface area contributed by atoms with E-state index in [0.29, 0.717) is 72.1 Å². The van der Waals surface area contributed by atoms with Crippen LogP contribution in [0.5, 0.6) is 5.75 Å². The number of likely N-dealkylation sites (N-methyl/N-ethyl adjacent to an activating group) is 2. The average molecular weight is 1050 g/mol. The number of allylic oxidation sites excluding steroid dienone is 1. The van der Waals surface area contributed by atoms with E-state index in [4.69, 9.17) is 27.9 Å². The third-order valence-electron chi connectivity index (χ3n) is 11.7. The number of aromatic nitrogens is 1. The van der Waals surface area contributed by atoms with Crippen molar-refractivity contribution in [3.05, 3.63) is 159 Å². The topological polar surface area (TPSA) is 230 Å². The van der Waals surface area contributed by atoms with Crippen molar-refractivity contribution in [1.82, 2.24) is 19.7 Å². The van der Waals surface area contributed by atoms with Gasteiger partial charge < -0.3 is 52.1 Å². The summed E-state index contributed by atoms with van der Waals surface area (Å²) in [4.78, 5) is 35.5. The number of pyridine rings is 1. The van der Waals surface area contributed by atoms with E-state index in [0.717, 1.165) is 35.4 Å². The number of aliphatic hydroxyl groups excluding tert-OH is 1. The molecule has 5 aromatic rings. The number of anilines is 4. The van der Waals surface area contributed by atoms with Crippen LogP contribution in [0, 0.1) is 13.8 Å². The van der Waals surface area contributed by atoms with Crippen LogP contribution in [-0.2, 0) is 25.4 Å². The molecule has 4 aromatic carbocycles. The summed E-state index contributed by atoms with van der Waals surface area (Å²) < 4.78 is 86.4. The van der Waals surface area contributed by atoms with E-state index in [1.807, 2.05) is 30.7 Å². The Balaban J connectivity index is 0.000000392. The lowest BCUT2D eigenvalue weighted by atomic mass is 9.96. The second kappa shape index (κ2) is 26.3. The maximum Gasteiger partial charge on any atom is 0.416 e. The lowest BCUT2D eigenvalue weighted by Crippen LogP contribution is -2.48. The Morgan fingerprint density at radius 1 is 0.747 bits per heavy atom. The van der Waals surface area contributed by atoms with Crippen LogP contribution in [0.25, 0.3) is 5.70 Å². The SMILES string of the molecule is CCC(N)(/C=C(\C)O)CN(C)CCN(C)Cc1cc(NC(=O)c2ccc(C)c(N(N)/C=C(\N)c3cncc(OC)c3)c2)cc(C(F)(F)F)c1.Cc1ccc(C(=O)Nc2cc(CN(C)C)cc(C(F)(F)F)c2)cc1NN. The molecule has 0 bridgehead atoms. The summed E-state index contributed by atoms with van der Waals surface area (Å²) in [5.74, 6) is 11.2. The Bertz CT molecular complexity index is 2820. The van der Waals surface area contributed by atoms with Crippen molar-refractivity contribution in [1.29, 1.82) is 0 Å². The number of hydrazine groups is 2. The highest BCUT2D eigenvalue weighted by Crippen LogP contribution is 2.34. The molecule has 2 amide bonds. The molecule has 406 valence electrons. The highest BCUT2D eigenvalue weighted by atomic mass is 19.4. The molecule has 0 saturated heterocycles.